The predicted octanol–water partition coefficient (Wildman–Crippen LogP) is 1.73. The van der Waals surface area contributed by atoms with Crippen LogP contribution in [0.25, 0.3) is 0 Å². The Hall–Kier alpha value is -1.20. The van der Waals surface area contributed by atoms with Gasteiger partial charge in [-0.05, 0) is 43.3 Å². The van der Waals surface area contributed by atoms with E-state index in [2.05, 4.69) is 10.6 Å². The third-order valence-corrected chi connectivity index (χ3v) is 2.59. The number of aliphatic hydroxyl groups is 1. The van der Waals surface area contributed by atoms with Gasteiger partial charge in [0.25, 0.3) is 0 Å². The molecule has 0 spiro atoms. The lowest BCUT2D eigenvalue weighted by molar-refractivity contribution is 0.272. The van der Waals surface area contributed by atoms with E-state index < -0.39 is 0 Å². The van der Waals surface area contributed by atoms with Crippen LogP contribution in [0.2, 0.25) is 0 Å². The van der Waals surface area contributed by atoms with Crippen LogP contribution in [0.5, 0.6) is 0 Å². The molecule has 0 aliphatic heterocycles. The molecule has 0 radical (unpaired) electrons. The molecule has 0 saturated heterocycles. The molecular weight excluding hydrogens is 239 g/mol. The summed E-state index contributed by atoms with van der Waals surface area (Å²) < 4.78 is 12.8. The average Bonchev–Trinajstić information content (AvgIpc) is 2.30. The standard InChI is InChI=1S/C12H17FN2OS/c1-2-14-12(17)15-11(7-8-16)9-3-5-10(13)6-4-9/h3-6,11,16H,2,7-8H2,1H3,(H2,14,15,17)/t11-/m1/s1. The van der Waals surface area contributed by atoms with Crippen LogP contribution >= 0.6 is 12.2 Å². The maximum atomic E-state index is 12.8. The maximum Gasteiger partial charge on any atom is 0.166 e. The van der Waals surface area contributed by atoms with E-state index in [1.165, 1.54) is 12.1 Å². The second-order valence-corrected chi connectivity index (χ2v) is 4.03. The molecule has 94 valence electrons. The molecule has 0 aliphatic rings. The zero-order chi connectivity index (χ0) is 12.7. The highest BCUT2D eigenvalue weighted by atomic mass is 32.1. The molecule has 0 amide bonds. The summed E-state index contributed by atoms with van der Waals surface area (Å²) in [7, 11) is 0. The van der Waals surface area contributed by atoms with Gasteiger partial charge in [-0.2, -0.15) is 0 Å². The Labute approximate surface area is 106 Å². The number of rotatable bonds is 5. The van der Waals surface area contributed by atoms with E-state index in [1.807, 2.05) is 6.92 Å². The molecular formula is C12H17FN2OS. The van der Waals surface area contributed by atoms with Crippen molar-refractivity contribution in [2.45, 2.75) is 19.4 Å². The minimum atomic E-state index is -0.272. The Morgan fingerprint density at radius 1 is 1.41 bits per heavy atom. The van der Waals surface area contributed by atoms with Gasteiger partial charge in [0.1, 0.15) is 5.82 Å². The first-order valence-electron chi connectivity index (χ1n) is 5.58. The second-order valence-electron chi connectivity index (χ2n) is 3.62. The van der Waals surface area contributed by atoms with E-state index in [0.29, 0.717) is 11.5 Å². The van der Waals surface area contributed by atoms with Crippen molar-refractivity contribution in [1.82, 2.24) is 10.6 Å². The van der Waals surface area contributed by atoms with E-state index in [9.17, 15) is 4.39 Å². The van der Waals surface area contributed by atoms with Crippen molar-refractivity contribution in [3.05, 3.63) is 35.6 Å². The van der Waals surface area contributed by atoms with E-state index in [1.54, 1.807) is 12.1 Å². The van der Waals surface area contributed by atoms with Crippen LogP contribution in [-0.4, -0.2) is 23.4 Å². The second kappa shape index (κ2) is 7.19. The number of hydrogen-bond acceptors (Lipinski definition) is 2. The summed E-state index contributed by atoms with van der Waals surface area (Å²) in [5, 5.41) is 15.6. The first-order valence-corrected chi connectivity index (χ1v) is 5.99. The summed E-state index contributed by atoms with van der Waals surface area (Å²) in [5.74, 6) is -0.272. The molecule has 0 aromatic heterocycles. The minimum Gasteiger partial charge on any atom is -0.396 e. The molecule has 3 nitrogen and oxygen atoms in total. The molecule has 0 bridgehead atoms. The summed E-state index contributed by atoms with van der Waals surface area (Å²) in [6.07, 6.45) is 0.525. The van der Waals surface area contributed by atoms with Crippen molar-refractivity contribution >= 4 is 17.3 Å². The largest absolute Gasteiger partial charge is 0.396 e. The van der Waals surface area contributed by atoms with Crippen LogP contribution < -0.4 is 10.6 Å². The van der Waals surface area contributed by atoms with Crippen molar-refractivity contribution < 1.29 is 9.50 Å². The lowest BCUT2D eigenvalue weighted by Crippen LogP contribution is -2.37. The zero-order valence-electron chi connectivity index (χ0n) is 9.74. The third-order valence-electron chi connectivity index (χ3n) is 2.33. The normalized spacial score (nSPS) is 11.9. The number of benzene rings is 1. The molecule has 17 heavy (non-hydrogen) atoms. The maximum absolute atomic E-state index is 12.8. The van der Waals surface area contributed by atoms with Gasteiger partial charge >= 0.3 is 0 Å². The topological polar surface area (TPSA) is 44.3 Å². The van der Waals surface area contributed by atoms with E-state index in [4.69, 9.17) is 17.3 Å². The van der Waals surface area contributed by atoms with Crippen LogP contribution in [0.3, 0.4) is 0 Å². The number of aliphatic hydroxyl groups excluding tert-OH is 1. The molecule has 0 aliphatic carbocycles. The average molecular weight is 256 g/mol. The third kappa shape index (κ3) is 4.66. The lowest BCUT2D eigenvalue weighted by Gasteiger charge is -2.20. The van der Waals surface area contributed by atoms with Gasteiger partial charge in [0.15, 0.2) is 5.11 Å². The Balaban J connectivity index is 2.71. The van der Waals surface area contributed by atoms with E-state index in [-0.39, 0.29) is 18.5 Å². The van der Waals surface area contributed by atoms with Crippen LogP contribution in [0, 0.1) is 5.82 Å². The molecule has 0 unspecified atom stereocenters. The van der Waals surface area contributed by atoms with Gasteiger partial charge in [-0.25, -0.2) is 4.39 Å². The Kier molecular flexibility index (Phi) is 5.86. The van der Waals surface area contributed by atoms with Gasteiger partial charge in [-0.3, -0.25) is 0 Å². The summed E-state index contributed by atoms with van der Waals surface area (Å²) in [6.45, 7) is 2.73. The predicted molar refractivity (Wildman–Crippen MR) is 70.3 cm³/mol. The van der Waals surface area contributed by atoms with Gasteiger partial charge < -0.3 is 15.7 Å². The van der Waals surface area contributed by atoms with Gasteiger partial charge in [-0.1, -0.05) is 12.1 Å². The highest BCUT2D eigenvalue weighted by Gasteiger charge is 2.11. The van der Waals surface area contributed by atoms with Gasteiger partial charge in [0.2, 0.25) is 0 Å². The van der Waals surface area contributed by atoms with Crippen molar-refractivity contribution in [2.24, 2.45) is 0 Å². The molecule has 1 rings (SSSR count). The Morgan fingerprint density at radius 3 is 2.59 bits per heavy atom. The fourth-order valence-electron chi connectivity index (χ4n) is 1.52. The molecule has 1 aromatic rings. The number of hydrogen-bond donors (Lipinski definition) is 3. The van der Waals surface area contributed by atoms with E-state index in [0.717, 1.165) is 12.1 Å². The van der Waals surface area contributed by atoms with Crippen molar-refractivity contribution in [3.63, 3.8) is 0 Å². The van der Waals surface area contributed by atoms with Gasteiger partial charge in [0, 0.05) is 13.2 Å². The Morgan fingerprint density at radius 2 is 2.06 bits per heavy atom. The van der Waals surface area contributed by atoms with Crippen LogP contribution in [0.4, 0.5) is 4.39 Å². The molecule has 1 aromatic carbocycles. The monoisotopic (exact) mass is 256 g/mol. The zero-order valence-corrected chi connectivity index (χ0v) is 10.6. The lowest BCUT2D eigenvalue weighted by atomic mass is 10.0. The minimum absolute atomic E-state index is 0.0454. The van der Waals surface area contributed by atoms with E-state index >= 15 is 0 Å². The quantitative estimate of drug-likeness (QED) is 0.702. The van der Waals surface area contributed by atoms with Crippen molar-refractivity contribution in [3.8, 4) is 0 Å². The number of halogens is 1. The summed E-state index contributed by atoms with van der Waals surface area (Å²) >= 11 is 5.09. The first kappa shape index (κ1) is 13.9. The van der Waals surface area contributed by atoms with Crippen LogP contribution in [0.15, 0.2) is 24.3 Å². The molecule has 5 heteroatoms. The summed E-state index contributed by atoms with van der Waals surface area (Å²) in [4.78, 5) is 0. The molecule has 1 atom stereocenters. The van der Waals surface area contributed by atoms with Crippen LogP contribution in [0.1, 0.15) is 24.9 Å². The SMILES string of the molecule is CCNC(=S)N[C@H](CCO)c1ccc(F)cc1. The molecule has 0 heterocycles. The highest BCUT2D eigenvalue weighted by Crippen LogP contribution is 2.16. The summed E-state index contributed by atoms with van der Waals surface area (Å²) in [5.41, 5.74) is 0.903. The highest BCUT2D eigenvalue weighted by molar-refractivity contribution is 7.80. The number of nitrogens with one attached hydrogen (secondary N) is 2. The fourth-order valence-corrected chi connectivity index (χ4v) is 1.80. The van der Waals surface area contributed by atoms with Gasteiger partial charge in [-0.15, -0.1) is 0 Å². The fraction of sp³-hybridized carbons (Fsp3) is 0.417. The smallest absolute Gasteiger partial charge is 0.166 e. The number of thiocarbonyl (C=S) groups is 1. The molecule has 0 saturated carbocycles. The Bertz CT molecular complexity index is 356. The summed E-state index contributed by atoms with van der Waals surface area (Å²) in [6, 6.07) is 6.08. The van der Waals surface area contributed by atoms with Crippen molar-refractivity contribution in [1.29, 1.82) is 0 Å². The van der Waals surface area contributed by atoms with Gasteiger partial charge in [0.05, 0.1) is 6.04 Å². The molecule has 3 N–H and O–H groups in total. The first-order chi connectivity index (χ1) is 8.17. The molecule has 0 fully saturated rings. The van der Waals surface area contributed by atoms with Crippen LogP contribution in [-0.2, 0) is 0 Å². The van der Waals surface area contributed by atoms with Crippen molar-refractivity contribution in [2.75, 3.05) is 13.2 Å².